The van der Waals surface area contributed by atoms with E-state index in [2.05, 4.69) is 6.07 Å². The lowest BCUT2D eigenvalue weighted by molar-refractivity contribution is -0.0328. The highest BCUT2D eigenvalue weighted by atomic mass is 35.5. The van der Waals surface area contributed by atoms with Crippen LogP contribution in [0.15, 0.2) is 24.3 Å². The lowest BCUT2D eigenvalue weighted by atomic mass is 9.98. The number of hydrogen-bond acceptors (Lipinski definition) is 1. The average molecular weight is 297 g/mol. The first kappa shape index (κ1) is 15.7. The lowest BCUT2D eigenvalue weighted by Gasteiger charge is -2.14. The van der Waals surface area contributed by atoms with Crippen LogP contribution in [0.1, 0.15) is 17.5 Å². The van der Waals surface area contributed by atoms with Gasteiger partial charge in [-0.3, -0.25) is 0 Å². The van der Waals surface area contributed by atoms with E-state index in [4.69, 9.17) is 11.6 Å². The predicted octanol–water partition coefficient (Wildman–Crippen LogP) is 5.04. The molecule has 0 saturated carbocycles. The summed E-state index contributed by atoms with van der Waals surface area (Å²) in [7, 11) is 0. The number of benzene rings is 1. The maximum Gasteiger partial charge on any atom is 0.441 e. The summed E-state index contributed by atoms with van der Waals surface area (Å²) in [5, 5.41) is 0. The topological polar surface area (TPSA) is 0 Å². The number of halogens is 4. The predicted molar refractivity (Wildman–Crippen MR) is 72.2 cm³/mol. The van der Waals surface area contributed by atoms with Crippen molar-refractivity contribution < 1.29 is 13.2 Å². The first-order valence-corrected chi connectivity index (χ1v) is 7.25. The number of thioether (sulfide) groups is 1. The Labute approximate surface area is 115 Å². The average Bonchev–Trinajstić information content (AvgIpc) is 2.26. The van der Waals surface area contributed by atoms with Crippen LogP contribution < -0.4 is 0 Å². The fourth-order valence-corrected chi connectivity index (χ4v) is 2.69. The molecule has 0 spiro atoms. The standard InChI is InChI=1S/C13H16ClF3S/c1-10-3-2-4-11(7-10)8-12(9-14)5-6-18-13(15,16)17/h2-4,7,12H,5-6,8-9H2,1H3. The second-order valence-electron chi connectivity index (χ2n) is 4.30. The van der Waals surface area contributed by atoms with Crippen LogP contribution in [-0.2, 0) is 6.42 Å². The van der Waals surface area contributed by atoms with Crippen molar-refractivity contribution in [3.63, 3.8) is 0 Å². The first-order valence-electron chi connectivity index (χ1n) is 5.73. The zero-order chi connectivity index (χ0) is 13.6. The van der Waals surface area contributed by atoms with Gasteiger partial charge in [-0.15, -0.1) is 11.6 Å². The molecule has 0 nitrogen and oxygen atoms in total. The highest BCUT2D eigenvalue weighted by Crippen LogP contribution is 2.31. The summed E-state index contributed by atoms with van der Waals surface area (Å²) in [6.07, 6.45) is 1.23. The summed E-state index contributed by atoms with van der Waals surface area (Å²) in [5.41, 5.74) is -1.84. The minimum Gasteiger partial charge on any atom is -0.160 e. The molecule has 1 unspecified atom stereocenters. The molecule has 0 aromatic heterocycles. The van der Waals surface area contributed by atoms with E-state index >= 15 is 0 Å². The Bertz CT molecular complexity index is 365. The third-order valence-electron chi connectivity index (χ3n) is 2.62. The molecule has 0 fully saturated rings. The van der Waals surface area contributed by atoms with E-state index in [1.807, 2.05) is 25.1 Å². The van der Waals surface area contributed by atoms with E-state index in [-0.39, 0.29) is 23.4 Å². The van der Waals surface area contributed by atoms with Gasteiger partial charge in [0.15, 0.2) is 0 Å². The van der Waals surface area contributed by atoms with E-state index in [1.54, 1.807) is 0 Å². The molecule has 0 aliphatic rings. The summed E-state index contributed by atoms with van der Waals surface area (Å²) in [4.78, 5) is 0. The Balaban J connectivity index is 2.42. The van der Waals surface area contributed by atoms with Crippen LogP contribution in [0.4, 0.5) is 13.2 Å². The Hall–Kier alpha value is -0.350. The quantitative estimate of drug-likeness (QED) is 0.663. The van der Waals surface area contributed by atoms with Crippen LogP contribution in [0.25, 0.3) is 0 Å². The molecular weight excluding hydrogens is 281 g/mol. The molecule has 1 aromatic rings. The fourth-order valence-electron chi connectivity index (χ4n) is 1.75. The third-order valence-corrected chi connectivity index (χ3v) is 3.82. The van der Waals surface area contributed by atoms with Gasteiger partial charge in [-0.2, -0.15) is 13.2 Å². The normalized spacial score (nSPS) is 13.6. The smallest absolute Gasteiger partial charge is 0.160 e. The van der Waals surface area contributed by atoms with E-state index < -0.39 is 5.51 Å². The number of hydrogen-bond donors (Lipinski definition) is 0. The van der Waals surface area contributed by atoms with Gasteiger partial charge in [-0.1, -0.05) is 41.6 Å². The number of aryl methyl sites for hydroxylation is 1. The van der Waals surface area contributed by atoms with E-state index in [0.717, 1.165) is 17.5 Å². The molecule has 0 aliphatic heterocycles. The molecule has 1 atom stereocenters. The van der Waals surface area contributed by atoms with Gasteiger partial charge in [0.25, 0.3) is 0 Å². The van der Waals surface area contributed by atoms with Crippen LogP contribution in [-0.4, -0.2) is 17.1 Å². The van der Waals surface area contributed by atoms with Gasteiger partial charge in [0, 0.05) is 11.6 Å². The van der Waals surface area contributed by atoms with Crippen LogP contribution in [0.2, 0.25) is 0 Å². The molecule has 1 rings (SSSR count). The molecule has 0 saturated heterocycles. The monoisotopic (exact) mass is 296 g/mol. The molecule has 0 heterocycles. The number of alkyl halides is 4. The summed E-state index contributed by atoms with van der Waals surface area (Å²) >= 11 is 5.85. The molecule has 0 radical (unpaired) electrons. The van der Waals surface area contributed by atoms with Gasteiger partial charge in [0.2, 0.25) is 0 Å². The van der Waals surface area contributed by atoms with Crippen molar-refractivity contribution in [1.29, 1.82) is 0 Å². The van der Waals surface area contributed by atoms with Crippen molar-refractivity contribution in [3.8, 4) is 0 Å². The largest absolute Gasteiger partial charge is 0.441 e. The first-order chi connectivity index (χ1) is 8.40. The SMILES string of the molecule is Cc1cccc(CC(CCl)CCSC(F)(F)F)c1. The van der Waals surface area contributed by atoms with Crippen LogP contribution >= 0.6 is 23.4 Å². The zero-order valence-electron chi connectivity index (χ0n) is 10.1. The van der Waals surface area contributed by atoms with Crippen molar-refractivity contribution in [1.82, 2.24) is 0 Å². The van der Waals surface area contributed by atoms with Crippen molar-refractivity contribution in [2.75, 3.05) is 11.6 Å². The Morgan fingerprint density at radius 1 is 1.33 bits per heavy atom. The van der Waals surface area contributed by atoms with Gasteiger partial charge in [0.05, 0.1) is 0 Å². The fraction of sp³-hybridized carbons (Fsp3) is 0.538. The Morgan fingerprint density at radius 2 is 2.06 bits per heavy atom. The molecule has 0 aliphatic carbocycles. The number of rotatable bonds is 6. The van der Waals surface area contributed by atoms with Gasteiger partial charge >= 0.3 is 5.51 Å². The van der Waals surface area contributed by atoms with Crippen LogP contribution in [0, 0.1) is 12.8 Å². The molecule has 5 heteroatoms. The van der Waals surface area contributed by atoms with Gasteiger partial charge in [-0.25, -0.2) is 0 Å². The second-order valence-corrected chi connectivity index (χ2v) is 5.76. The van der Waals surface area contributed by atoms with E-state index in [1.165, 1.54) is 0 Å². The maximum absolute atomic E-state index is 12.0. The van der Waals surface area contributed by atoms with Crippen molar-refractivity contribution in [3.05, 3.63) is 35.4 Å². The van der Waals surface area contributed by atoms with E-state index in [9.17, 15) is 13.2 Å². The summed E-state index contributed by atoms with van der Waals surface area (Å²) in [6.45, 7) is 2.00. The summed E-state index contributed by atoms with van der Waals surface area (Å²) < 4.78 is 36.1. The second kappa shape index (κ2) is 7.29. The molecule has 1 aromatic carbocycles. The van der Waals surface area contributed by atoms with Crippen molar-refractivity contribution >= 4 is 23.4 Å². The molecule has 0 bridgehead atoms. The van der Waals surface area contributed by atoms with Gasteiger partial charge < -0.3 is 0 Å². The Kier molecular flexibility index (Phi) is 6.36. The zero-order valence-corrected chi connectivity index (χ0v) is 11.7. The Morgan fingerprint density at radius 3 is 2.61 bits per heavy atom. The van der Waals surface area contributed by atoms with Crippen molar-refractivity contribution in [2.24, 2.45) is 5.92 Å². The van der Waals surface area contributed by atoms with E-state index in [0.29, 0.717) is 12.3 Å². The molecule has 0 N–H and O–H groups in total. The van der Waals surface area contributed by atoms with Gasteiger partial charge in [0.1, 0.15) is 0 Å². The molecule has 102 valence electrons. The minimum absolute atomic E-state index is 0.0323. The highest BCUT2D eigenvalue weighted by Gasteiger charge is 2.27. The van der Waals surface area contributed by atoms with Crippen LogP contribution in [0.3, 0.4) is 0 Å². The third kappa shape index (κ3) is 6.55. The molecular formula is C13H16ClF3S. The molecule has 18 heavy (non-hydrogen) atoms. The van der Waals surface area contributed by atoms with Crippen molar-refractivity contribution in [2.45, 2.75) is 25.3 Å². The van der Waals surface area contributed by atoms with Crippen LogP contribution in [0.5, 0.6) is 0 Å². The summed E-state index contributed by atoms with van der Waals surface area (Å²) in [5.74, 6) is 0.572. The highest BCUT2D eigenvalue weighted by molar-refractivity contribution is 8.00. The maximum atomic E-state index is 12.0. The van der Waals surface area contributed by atoms with Gasteiger partial charge in [-0.05, 0) is 31.2 Å². The summed E-state index contributed by atoms with van der Waals surface area (Å²) in [6, 6.07) is 8.00. The lowest BCUT2D eigenvalue weighted by Crippen LogP contribution is -2.10. The minimum atomic E-state index is -4.14. The molecule has 0 amide bonds.